The molecule has 0 spiro atoms. The third-order valence-corrected chi connectivity index (χ3v) is 4.86. The van der Waals surface area contributed by atoms with Gasteiger partial charge in [0.25, 0.3) is 0 Å². The Labute approximate surface area is 150 Å². The molecule has 0 radical (unpaired) electrons. The molecule has 5 heteroatoms. The Kier molecular flexibility index (Phi) is 5.87. The van der Waals surface area contributed by atoms with Gasteiger partial charge in [-0.2, -0.15) is 0 Å². The summed E-state index contributed by atoms with van der Waals surface area (Å²) in [6, 6.07) is 10.5. The molecule has 5 nitrogen and oxygen atoms in total. The van der Waals surface area contributed by atoms with Gasteiger partial charge in [0.15, 0.2) is 0 Å². The minimum atomic E-state index is 0.302. The zero-order chi connectivity index (χ0) is 17.6. The number of likely N-dealkylation sites (tertiary alicyclic amines) is 1. The highest BCUT2D eigenvalue weighted by Crippen LogP contribution is 2.29. The largest absolute Gasteiger partial charge is 0.481 e. The number of nitrogens with zero attached hydrogens (tertiary/aromatic N) is 3. The topological polar surface area (TPSA) is 47.5 Å². The number of ether oxygens (including phenoxy) is 2. The average molecular weight is 341 g/mol. The van der Waals surface area contributed by atoms with Gasteiger partial charge >= 0.3 is 0 Å². The summed E-state index contributed by atoms with van der Waals surface area (Å²) in [7, 11) is 1.66. The van der Waals surface area contributed by atoms with E-state index in [1.165, 1.54) is 12.0 Å². The van der Waals surface area contributed by atoms with Crippen LogP contribution in [0.25, 0.3) is 0 Å². The molecule has 134 valence electrons. The number of methoxy groups -OCH3 is 1. The van der Waals surface area contributed by atoms with Crippen LogP contribution in [0.2, 0.25) is 0 Å². The van der Waals surface area contributed by atoms with Crippen molar-refractivity contribution in [2.45, 2.75) is 32.7 Å². The van der Waals surface area contributed by atoms with Crippen LogP contribution in [0.5, 0.6) is 11.8 Å². The lowest BCUT2D eigenvalue weighted by atomic mass is 9.99. The van der Waals surface area contributed by atoms with Crippen LogP contribution in [0.1, 0.15) is 37.6 Å². The first kappa shape index (κ1) is 17.7. The molecule has 1 fully saturated rings. The maximum absolute atomic E-state index is 5.51. The van der Waals surface area contributed by atoms with Gasteiger partial charge in [0.1, 0.15) is 0 Å². The minimum Gasteiger partial charge on any atom is -0.481 e. The summed E-state index contributed by atoms with van der Waals surface area (Å²) in [6.45, 7) is 7.06. The van der Waals surface area contributed by atoms with Crippen LogP contribution in [-0.4, -0.2) is 41.7 Å². The number of hydrogen-bond donors (Lipinski definition) is 0. The normalized spacial score (nSPS) is 18.9. The molecule has 3 rings (SSSR count). The lowest BCUT2D eigenvalue weighted by Crippen LogP contribution is -2.25. The molecule has 1 saturated heterocycles. The van der Waals surface area contributed by atoms with E-state index in [4.69, 9.17) is 9.47 Å². The van der Waals surface area contributed by atoms with Gasteiger partial charge in [0, 0.05) is 30.9 Å². The molecule has 25 heavy (non-hydrogen) atoms. The van der Waals surface area contributed by atoms with Gasteiger partial charge < -0.3 is 9.47 Å². The predicted octanol–water partition coefficient (Wildman–Crippen LogP) is 3.51. The summed E-state index contributed by atoms with van der Waals surface area (Å²) in [5.74, 6) is 2.06. The average Bonchev–Trinajstić information content (AvgIpc) is 3.10. The first-order valence-electron chi connectivity index (χ1n) is 9.02. The van der Waals surface area contributed by atoms with Crippen molar-refractivity contribution in [3.8, 4) is 11.8 Å². The van der Waals surface area contributed by atoms with Crippen LogP contribution in [0, 0.1) is 5.92 Å². The zero-order valence-corrected chi connectivity index (χ0v) is 15.3. The summed E-state index contributed by atoms with van der Waals surface area (Å²) < 4.78 is 10.8. The second kappa shape index (κ2) is 8.30. The molecule has 3 heterocycles. The van der Waals surface area contributed by atoms with Gasteiger partial charge in [-0.05, 0) is 56.8 Å². The van der Waals surface area contributed by atoms with Crippen molar-refractivity contribution < 1.29 is 9.47 Å². The Bertz CT molecular complexity index is 692. The van der Waals surface area contributed by atoms with Crippen LogP contribution in [0.15, 0.2) is 36.5 Å². The predicted molar refractivity (Wildman–Crippen MR) is 98.0 cm³/mol. The van der Waals surface area contributed by atoms with Crippen LogP contribution >= 0.6 is 0 Å². The van der Waals surface area contributed by atoms with E-state index in [1.807, 2.05) is 25.3 Å². The molecule has 0 N–H and O–H groups in total. The van der Waals surface area contributed by atoms with Crippen LogP contribution in [0.3, 0.4) is 0 Å². The number of hydrogen-bond acceptors (Lipinski definition) is 5. The molecule has 1 aliphatic rings. The van der Waals surface area contributed by atoms with Crippen LogP contribution < -0.4 is 9.47 Å². The highest BCUT2D eigenvalue weighted by molar-refractivity contribution is 5.22. The highest BCUT2D eigenvalue weighted by atomic mass is 16.5. The molecule has 2 aromatic heterocycles. The number of rotatable bonds is 7. The van der Waals surface area contributed by atoms with Crippen molar-refractivity contribution in [2.75, 3.05) is 26.8 Å². The van der Waals surface area contributed by atoms with Crippen molar-refractivity contribution in [3.05, 3.63) is 47.8 Å². The fourth-order valence-electron chi connectivity index (χ4n) is 3.48. The maximum Gasteiger partial charge on any atom is 0.213 e. The summed E-state index contributed by atoms with van der Waals surface area (Å²) in [6.07, 6.45) is 4.12. The fourth-order valence-corrected chi connectivity index (χ4v) is 3.48. The van der Waals surface area contributed by atoms with Crippen LogP contribution in [0.4, 0.5) is 0 Å². The van der Waals surface area contributed by atoms with Crippen molar-refractivity contribution in [1.82, 2.24) is 14.9 Å². The zero-order valence-electron chi connectivity index (χ0n) is 15.3. The van der Waals surface area contributed by atoms with Gasteiger partial charge in [0.05, 0.1) is 19.4 Å². The second-order valence-corrected chi connectivity index (χ2v) is 6.57. The van der Waals surface area contributed by atoms with E-state index in [1.54, 1.807) is 7.11 Å². The van der Waals surface area contributed by atoms with Gasteiger partial charge in [-0.15, -0.1) is 0 Å². The Balaban J connectivity index is 1.60. The summed E-state index contributed by atoms with van der Waals surface area (Å²) in [4.78, 5) is 11.3. The molecule has 0 aliphatic carbocycles. The third kappa shape index (κ3) is 4.48. The second-order valence-electron chi connectivity index (χ2n) is 6.57. The van der Waals surface area contributed by atoms with Gasteiger partial charge in [-0.1, -0.05) is 6.07 Å². The molecule has 0 bridgehead atoms. The van der Waals surface area contributed by atoms with E-state index >= 15 is 0 Å². The highest BCUT2D eigenvalue weighted by Gasteiger charge is 2.27. The number of pyridine rings is 2. The first-order chi connectivity index (χ1) is 12.2. The summed E-state index contributed by atoms with van der Waals surface area (Å²) in [5.41, 5.74) is 2.38. The van der Waals surface area contributed by atoms with E-state index < -0.39 is 0 Å². The molecule has 0 saturated carbocycles. The van der Waals surface area contributed by atoms with Crippen LogP contribution in [-0.2, 0) is 6.42 Å². The molecule has 2 aromatic rings. The quantitative estimate of drug-likeness (QED) is 0.771. The van der Waals surface area contributed by atoms with E-state index in [-0.39, 0.29) is 0 Å². The molecule has 1 aliphatic heterocycles. The third-order valence-electron chi connectivity index (χ3n) is 4.86. The Morgan fingerprint density at radius 1 is 1.28 bits per heavy atom. The van der Waals surface area contributed by atoms with Gasteiger partial charge in [-0.25, -0.2) is 9.97 Å². The van der Waals surface area contributed by atoms with Crippen molar-refractivity contribution in [3.63, 3.8) is 0 Å². The monoisotopic (exact) mass is 341 g/mol. The first-order valence-corrected chi connectivity index (χ1v) is 9.02. The molecule has 2 unspecified atom stereocenters. The van der Waals surface area contributed by atoms with Crippen molar-refractivity contribution in [1.29, 1.82) is 0 Å². The SMILES string of the molecule is CCOc1cc(CC2CCN(C(C)c3cccc(OC)n3)C2)ccn1. The van der Waals surface area contributed by atoms with E-state index in [0.29, 0.717) is 24.4 Å². The Morgan fingerprint density at radius 2 is 2.16 bits per heavy atom. The minimum absolute atomic E-state index is 0.302. The number of aromatic nitrogens is 2. The maximum atomic E-state index is 5.51. The fraction of sp³-hybridized carbons (Fsp3) is 0.500. The smallest absolute Gasteiger partial charge is 0.213 e. The van der Waals surface area contributed by atoms with Crippen molar-refractivity contribution in [2.24, 2.45) is 5.92 Å². The van der Waals surface area contributed by atoms with Gasteiger partial charge in [-0.3, -0.25) is 4.90 Å². The standard InChI is InChI=1S/C20H27N3O2/c1-4-25-20-13-16(8-10-21-20)12-17-9-11-23(14-17)15(2)18-6-5-7-19(22-18)24-3/h5-8,10,13,15,17H,4,9,11-12,14H2,1-3H3. The summed E-state index contributed by atoms with van der Waals surface area (Å²) in [5, 5.41) is 0. The molecule has 2 atom stereocenters. The van der Waals surface area contributed by atoms with E-state index in [2.05, 4.69) is 40.0 Å². The van der Waals surface area contributed by atoms with Crippen molar-refractivity contribution >= 4 is 0 Å². The van der Waals surface area contributed by atoms with E-state index in [9.17, 15) is 0 Å². The Morgan fingerprint density at radius 3 is 2.96 bits per heavy atom. The molecule has 0 amide bonds. The summed E-state index contributed by atoms with van der Waals surface area (Å²) >= 11 is 0. The van der Waals surface area contributed by atoms with E-state index in [0.717, 1.165) is 31.1 Å². The lowest BCUT2D eigenvalue weighted by molar-refractivity contribution is 0.246. The molecular formula is C20H27N3O2. The lowest BCUT2D eigenvalue weighted by Gasteiger charge is -2.24. The molecular weight excluding hydrogens is 314 g/mol. The Hall–Kier alpha value is -2.14. The molecule has 0 aromatic carbocycles. The van der Waals surface area contributed by atoms with Gasteiger partial charge in [0.2, 0.25) is 11.8 Å².